The number of hydrazone groups is 1. The fraction of sp³-hybridized carbons (Fsp3) is 0.0526. The first-order chi connectivity index (χ1) is 14.0. The van der Waals surface area contributed by atoms with E-state index in [1.807, 2.05) is 34.9 Å². The SMILES string of the molecule is Cc1nc(N/N=C/c2ccc([N+](=O)[O-])cc2)c2sc(=S)n(-c3ccccc3)c2n1. The largest absolute Gasteiger partial charge is 0.276 e. The van der Waals surface area contributed by atoms with Gasteiger partial charge in [-0.1, -0.05) is 29.5 Å². The molecular weight excluding hydrogens is 408 g/mol. The third kappa shape index (κ3) is 3.89. The van der Waals surface area contributed by atoms with E-state index in [0.29, 0.717) is 21.2 Å². The van der Waals surface area contributed by atoms with Crippen LogP contribution in [-0.2, 0) is 0 Å². The number of aromatic nitrogens is 3. The molecule has 0 aliphatic carbocycles. The lowest BCUT2D eigenvalue weighted by atomic mass is 10.2. The van der Waals surface area contributed by atoms with Gasteiger partial charge in [0.1, 0.15) is 10.5 Å². The fourth-order valence-corrected chi connectivity index (χ4v) is 4.06. The van der Waals surface area contributed by atoms with Crippen molar-refractivity contribution in [3.63, 3.8) is 0 Å². The molecule has 2 heterocycles. The molecule has 0 amide bonds. The van der Waals surface area contributed by atoms with Crippen LogP contribution < -0.4 is 5.43 Å². The van der Waals surface area contributed by atoms with Gasteiger partial charge in [0, 0.05) is 17.8 Å². The molecule has 1 N–H and O–H groups in total. The molecule has 144 valence electrons. The van der Waals surface area contributed by atoms with E-state index in [1.54, 1.807) is 25.3 Å². The van der Waals surface area contributed by atoms with Crippen molar-refractivity contribution in [2.24, 2.45) is 5.10 Å². The maximum atomic E-state index is 10.7. The second-order valence-electron chi connectivity index (χ2n) is 6.03. The molecule has 0 atom stereocenters. The van der Waals surface area contributed by atoms with Crippen LogP contribution in [0.3, 0.4) is 0 Å². The molecule has 29 heavy (non-hydrogen) atoms. The molecule has 0 radical (unpaired) electrons. The standard InChI is InChI=1S/C19H14N6O2S2/c1-12-21-17(23-20-11-13-7-9-15(10-8-13)25(26)27)16-18(22-12)24(19(28)29-16)14-5-3-2-4-6-14/h2-11H,1H3,(H,21,22,23)/b20-11+. The first-order valence-corrected chi connectivity index (χ1v) is 9.74. The second-order valence-corrected chi connectivity index (χ2v) is 7.67. The van der Waals surface area contributed by atoms with E-state index in [1.165, 1.54) is 23.5 Å². The molecule has 0 bridgehead atoms. The van der Waals surface area contributed by atoms with Gasteiger partial charge < -0.3 is 0 Å². The summed E-state index contributed by atoms with van der Waals surface area (Å²) in [6.07, 6.45) is 1.57. The Hall–Kier alpha value is -3.50. The van der Waals surface area contributed by atoms with Crippen LogP contribution in [0.1, 0.15) is 11.4 Å². The van der Waals surface area contributed by atoms with Gasteiger partial charge in [0.2, 0.25) is 0 Å². The number of thiazole rings is 1. The lowest BCUT2D eigenvalue weighted by molar-refractivity contribution is -0.384. The summed E-state index contributed by atoms with van der Waals surface area (Å²) in [5.41, 5.74) is 5.34. The number of aryl methyl sites for hydroxylation is 1. The Morgan fingerprint density at radius 3 is 2.59 bits per heavy atom. The summed E-state index contributed by atoms with van der Waals surface area (Å²) < 4.78 is 3.37. The predicted octanol–water partition coefficient (Wildman–Crippen LogP) is 4.87. The Kier molecular flexibility index (Phi) is 5.10. The summed E-state index contributed by atoms with van der Waals surface area (Å²) in [7, 11) is 0. The summed E-state index contributed by atoms with van der Waals surface area (Å²) >= 11 is 6.95. The maximum Gasteiger partial charge on any atom is 0.269 e. The molecular formula is C19H14N6O2S2. The summed E-state index contributed by atoms with van der Waals surface area (Å²) in [5, 5.41) is 15.0. The maximum absolute atomic E-state index is 10.7. The lowest BCUT2D eigenvalue weighted by Gasteiger charge is -2.06. The Labute approximate surface area is 174 Å². The third-order valence-electron chi connectivity index (χ3n) is 4.05. The summed E-state index contributed by atoms with van der Waals surface area (Å²) in [5.74, 6) is 1.14. The normalized spacial score (nSPS) is 11.2. The van der Waals surface area contributed by atoms with Gasteiger partial charge in [0.15, 0.2) is 15.4 Å². The number of nitrogens with one attached hydrogen (secondary N) is 1. The number of nitro benzene ring substituents is 1. The van der Waals surface area contributed by atoms with Crippen molar-refractivity contribution in [3.05, 3.63) is 80.1 Å². The van der Waals surface area contributed by atoms with E-state index in [2.05, 4.69) is 20.5 Å². The van der Waals surface area contributed by atoms with E-state index in [-0.39, 0.29) is 5.69 Å². The number of hydrogen-bond acceptors (Lipinski definition) is 8. The number of para-hydroxylation sites is 1. The number of hydrogen-bond donors (Lipinski definition) is 1. The van der Waals surface area contributed by atoms with Crippen LogP contribution in [0.4, 0.5) is 11.5 Å². The van der Waals surface area contributed by atoms with Crippen molar-refractivity contribution >= 4 is 51.6 Å². The topological polar surface area (TPSA) is 98.2 Å². The van der Waals surface area contributed by atoms with Gasteiger partial charge in [-0.15, -0.1) is 0 Å². The molecule has 10 heteroatoms. The van der Waals surface area contributed by atoms with Crippen molar-refractivity contribution < 1.29 is 4.92 Å². The van der Waals surface area contributed by atoms with Crippen LogP contribution >= 0.6 is 23.6 Å². The number of anilines is 1. The number of non-ortho nitro benzene ring substituents is 1. The number of benzene rings is 2. The zero-order valence-electron chi connectivity index (χ0n) is 15.1. The summed E-state index contributed by atoms with van der Waals surface area (Å²) in [6.45, 7) is 1.81. The average Bonchev–Trinajstić information content (AvgIpc) is 3.04. The minimum atomic E-state index is -0.440. The van der Waals surface area contributed by atoms with Gasteiger partial charge in [0.25, 0.3) is 5.69 Å². The Morgan fingerprint density at radius 1 is 1.17 bits per heavy atom. The summed E-state index contributed by atoms with van der Waals surface area (Å²) in [6, 6.07) is 15.9. The van der Waals surface area contributed by atoms with Gasteiger partial charge in [-0.3, -0.25) is 20.1 Å². The zero-order chi connectivity index (χ0) is 20.4. The Balaban J connectivity index is 1.68. The molecule has 0 saturated carbocycles. The van der Waals surface area contributed by atoms with E-state index in [4.69, 9.17) is 12.2 Å². The van der Waals surface area contributed by atoms with E-state index >= 15 is 0 Å². The summed E-state index contributed by atoms with van der Waals surface area (Å²) in [4.78, 5) is 19.3. The number of nitrogens with zero attached hydrogens (tertiary/aromatic N) is 5. The van der Waals surface area contributed by atoms with Crippen LogP contribution in [0.25, 0.3) is 16.0 Å². The van der Waals surface area contributed by atoms with Crippen molar-refractivity contribution in [3.8, 4) is 5.69 Å². The minimum absolute atomic E-state index is 0.0327. The highest BCUT2D eigenvalue weighted by atomic mass is 32.1. The van der Waals surface area contributed by atoms with Crippen LogP contribution in [-0.4, -0.2) is 25.7 Å². The molecule has 0 spiro atoms. The van der Waals surface area contributed by atoms with Gasteiger partial charge >= 0.3 is 0 Å². The van der Waals surface area contributed by atoms with Crippen molar-refractivity contribution in [2.45, 2.75) is 6.92 Å². The first-order valence-electron chi connectivity index (χ1n) is 8.52. The smallest absolute Gasteiger partial charge is 0.269 e. The van der Waals surface area contributed by atoms with E-state index in [9.17, 15) is 10.1 Å². The number of fused-ring (bicyclic) bond motifs is 1. The second kappa shape index (κ2) is 7.86. The minimum Gasteiger partial charge on any atom is -0.276 e. The average molecular weight is 422 g/mol. The van der Waals surface area contributed by atoms with E-state index in [0.717, 1.165) is 16.0 Å². The van der Waals surface area contributed by atoms with E-state index < -0.39 is 4.92 Å². The molecule has 8 nitrogen and oxygen atoms in total. The first kappa shape index (κ1) is 18.8. The molecule has 4 rings (SSSR count). The molecule has 0 saturated heterocycles. The van der Waals surface area contributed by atoms with Gasteiger partial charge in [0.05, 0.1) is 11.1 Å². The zero-order valence-corrected chi connectivity index (χ0v) is 16.8. The van der Waals surface area contributed by atoms with Crippen molar-refractivity contribution in [2.75, 3.05) is 5.43 Å². The molecule has 2 aromatic heterocycles. The highest BCUT2D eigenvalue weighted by Crippen LogP contribution is 2.30. The van der Waals surface area contributed by atoms with Crippen LogP contribution in [0.5, 0.6) is 0 Å². The molecule has 0 fully saturated rings. The number of rotatable bonds is 5. The molecule has 4 aromatic rings. The van der Waals surface area contributed by atoms with Crippen LogP contribution in [0.15, 0.2) is 59.7 Å². The van der Waals surface area contributed by atoms with Crippen LogP contribution in [0.2, 0.25) is 0 Å². The Bertz CT molecular complexity index is 1280. The van der Waals surface area contributed by atoms with Crippen LogP contribution in [0, 0.1) is 21.0 Å². The number of nitro groups is 1. The molecule has 2 aromatic carbocycles. The van der Waals surface area contributed by atoms with Crippen molar-refractivity contribution in [1.29, 1.82) is 0 Å². The van der Waals surface area contributed by atoms with Gasteiger partial charge in [-0.05, 0) is 49.0 Å². The molecule has 0 aliphatic heterocycles. The molecule has 0 unspecified atom stereocenters. The quantitative estimate of drug-likeness (QED) is 0.213. The Morgan fingerprint density at radius 2 is 1.90 bits per heavy atom. The monoisotopic (exact) mass is 422 g/mol. The van der Waals surface area contributed by atoms with Gasteiger partial charge in [-0.2, -0.15) is 5.10 Å². The predicted molar refractivity (Wildman–Crippen MR) is 117 cm³/mol. The van der Waals surface area contributed by atoms with Gasteiger partial charge in [-0.25, -0.2) is 9.97 Å². The molecule has 0 aliphatic rings. The third-order valence-corrected chi connectivity index (χ3v) is 5.42. The van der Waals surface area contributed by atoms with Crippen molar-refractivity contribution in [1.82, 2.24) is 14.5 Å². The highest BCUT2D eigenvalue weighted by Gasteiger charge is 2.14. The lowest BCUT2D eigenvalue weighted by Crippen LogP contribution is -2.01. The fourth-order valence-electron chi connectivity index (χ4n) is 2.74. The highest BCUT2D eigenvalue weighted by molar-refractivity contribution is 7.73.